The zero-order chi connectivity index (χ0) is 14.7. The van der Waals surface area contributed by atoms with E-state index in [1.54, 1.807) is 7.11 Å². The molecule has 0 aliphatic carbocycles. The summed E-state index contributed by atoms with van der Waals surface area (Å²) in [5, 5.41) is 3.50. The van der Waals surface area contributed by atoms with Crippen molar-refractivity contribution in [2.45, 2.75) is 26.8 Å². The third kappa shape index (κ3) is 2.56. The second-order valence-corrected chi connectivity index (χ2v) is 5.02. The number of ether oxygens (including phenoxy) is 1. The number of hydrogen-bond donors (Lipinski definition) is 1. The second-order valence-electron chi connectivity index (χ2n) is 5.02. The summed E-state index contributed by atoms with van der Waals surface area (Å²) in [6.07, 6.45) is 3.79. The van der Waals surface area contributed by atoms with Gasteiger partial charge in [0.25, 0.3) is 0 Å². The maximum Gasteiger partial charge on any atom is 0.130 e. The molecule has 0 saturated heterocycles. The number of aryl methyl sites for hydroxylation is 2. The van der Waals surface area contributed by atoms with Crippen molar-refractivity contribution in [2.24, 2.45) is 7.05 Å². The highest BCUT2D eigenvalue weighted by atomic mass is 16.5. The average Bonchev–Trinajstić information content (AvgIpc) is 2.85. The number of imidazole rings is 1. The third-order valence-electron chi connectivity index (χ3n) is 3.75. The van der Waals surface area contributed by atoms with Crippen LogP contribution in [0.1, 0.15) is 35.5 Å². The van der Waals surface area contributed by atoms with Gasteiger partial charge in [0.15, 0.2) is 0 Å². The molecule has 0 saturated carbocycles. The van der Waals surface area contributed by atoms with Crippen LogP contribution in [0.25, 0.3) is 0 Å². The molecule has 108 valence electrons. The Morgan fingerprint density at radius 1 is 1.35 bits per heavy atom. The van der Waals surface area contributed by atoms with Gasteiger partial charge in [-0.1, -0.05) is 19.1 Å². The number of hydrogen-bond acceptors (Lipinski definition) is 3. The van der Waals surface area contributed by atoms with E-state index >= 15 is 0 Å². The van der Waals surface area contributed by atoms with E-state index in [1.807, 2.05) is 24.0 Å². The van der Waals surface area contributed by atoms with Gasteiger partial charge in [-0.05, 0) is 31.5 Å². The zero-order valence-corrected chi connectivity index (χ0v) is 12.9. The van der Waals surface area contributed by atoms with Crippen LogP contribution in [-0.4, -0.2) is 23.2 Å². The van der Waals surface area contributed by atoms with Crippen molar-refractivity contribution in [2.75, 3.05) is 13.7 Å². The molecule has 1 aromatic carbocycles. The Morgan fingerprint density at radius 3 is 2.65 bits per heavy atom. The Hall–Kier alpha value is -1.81. The minimum atomic E-state index is 0.0363. The van der Waals surface area contributed by atoms with Gasteiger partial charge >= 0.3 is 0 Å². The lowest BCUT2D eigenvalue weighted by molar-refractivity contribution is 0.399. The minimum absolute atomic E-state index is 0.0363. The maximum atomic E-state index is 5.65. The Morgan fingerprint density at radius 2 is 2.10 bits per heavy atom. The Kier molecular flexibility index (Phi) is 4.45. The highest BCUT2D eigenvalue weighted by Crippen LogP contribution is 2.33. The van der Waals surface area contributed by atoms with Crippen LogP contribution in [0.2, 0.25) is 0 Å². The van der Waals surface area contributed by atoms with Crippen molar-refractivity contribution in [3.05, 3.63) is 47.0 Å². The van der Waals surface area contributed by atoms with Gasteiger partial charge in [0.2, 0.25) is 0 Å². The number of nitrogens with one attached hydrogen (secondary N) is 1. The Balaban J connectivity index is 2.56. The highest BCUT2D eigenvalue weighted by Gasteiger charge is 2.22. The van der Waals surface area contributed by atoms with Crippen molar-refractivity contribution >= 4 is 0 Å². The van der Waals surface area contributed by atoms with Gasteiger partial charge in [0.1, 0.15) is 11.6 Å². The summed E-state index contributed by atoms with van der Waals surface area (Å²) in [5.74, 6) is 1.94. The van der Waals surface area contributed by atoms with Gasteiger partial charge in [-0.3, -0.25) is 0 Å². The average molecular weight is 273 g/mol. The van der Waals surface area contributed by atoms with Crippen LogP contribution in [0.3, 0.4) is 0 Å². The van der Waals surface area contributed by atoms with Gasteiger partial charge in [-0.15, -0.1) is 0 Å². The van der Waals surface area contributed by atoms with Gasteiger partial charge in [0.05, 0.1) is 13.2 Å². The fraction of sp³-hybridized carbons (Fsp3) is 0.438. The topological polar surface area (TPSA) is 39.1 Å². The third-order valence-corrected chi connectivity index (χ3v) is 3.75. The predicted molar refractivity (Wildman–Crippen MR) is 81.2 cm³/mol. The molecular formula is C16H23N3O. The summed E-state index contributed by atoms with van der Waals surface area (Å²) in [5.41, 5.74) is 3.55. The molecule has 2 aromatic rings. The summed E-state index contributed by atoms with van der Waals surface area (Å²) < 4.78 is 7.69. The maximum absolute atomic E-state index is 5.65. The van der Waals surface area contributed by atoms with Gasteiger partial charge in [-0.25, -0.2) is 4.98 Å². The van der Waals surface area contributed by atoms with Crippen LogP contribution in [0.15, 0.2) is 24.5 Å². The van der Waals surface area contributed by atoms with Crippen LogP contribution in [0.5, 0.6) is 5.75 Å². The number of aromatic nitrogens is 2. The number of methoxy groups -OCH3 is 1. The first-order valence-corrected chi connectivity index (χ1v) is 6.94. The van der Waals surface area contributed by atoms with Crippen LogP contribution >= 0.6 is 0 Å². The van der Waals surface area contributed by atoms with Gasteiger partial charge < -0.3 is 14.6 Å². The van der Waals surface area contributed by atoms with E-state index in [0.29, 0.717) is 0 Å². The largest absolute Gasteiger partial charge is 0.496 e. The lowest BCUT2D eigenvalue weighted by atomic mass is 9.98. The molecule has 0 amide bonds. The molecule has 1 heterocycles. The smallest absolute Gasteiger partial charge is 0.130 e. The first-order valence-electron chi connectivity index (χ1n) is 6.94. The summed E-state index contributed by atoms with van der Waals surface area (Å²) in [7, 11) is 3.74. The standard InChI is InChI=1S/C16H23N3O/c1-6-17-14(16-18-9-10-19(16)4)13-8-7-11(2)12(3)15(13)20-5/h7-10,14,17H,6H2,1-5H3. The first-order chi connectivity index (χ1) is 9.60. The van der Waals surface area contributed by atoms with E-state index in [-0.39, 0.29) is 6.04 Å². The minimum Gasteiger partial charge on any atom is -0.496 e. The molecule has 1 unspecified atom stereocenters. The summed E-state index contributed by atoms with van der Waals surface area (Å²) >= 11 is 0. The number of nitrogens with zero attached hydrogens (tertiary/aromatic N) is 2. The molecule has 0 radical (unpaired) electrons. The van der Waals surface area contributed by atoms with Crippen molar-refractivity contribution < 1.29 is 4.74 Å². The summed E-state index contributed by atoms with van der Waals surface area (Å²) in [4.78, 5) is 4.48. The zero-order valence-electron chi connectivity index (χ0n) is 12.9. The molecule has 0 aliphatic heterocycles. The molecule has 1 atom stereocenters. The molecule has 2 rings (SSSR count). The van der Waals surface area contributed by atoms with Crippen molar-refractivity contribution in [1.29, 1.82) is 0 Å². The number of rotatable bonds is 5. The quantitative estimate of drug-likeness (QED) is 0.910. The van der Waals surface area contributed by atoms with Crippen LogP contribution in [0.4, 0.5) is 0 Å². The molecule has 0 fully saturated rings. The predicted octanol–water partition coefficient (Wildman–Crippen LogP) is 2.74. The molecule has 0 spiro atoms. The van der Waals surface area contributed by atoms with E-state index in [0.717, 1.165) is 23.7 Å². The van der Waals surface area contributed by atoms with Crippen LogP contribution in [-0.2, 0) is 7.05 Å². The van der Waals surface area contributed by atoms with E-state index < -0.39 is 0 Å². The van der Waals surface area contributed by atoms with Crippen molar-refractivity contribution in [3.8, 4) is 5.75 Å². The molecule has 4 nitrogen and oxygen atoms in total. The van der Waals surface area contributed by atoms with E-state index in [1.165, 1.54) is 11.1 Å². The Bertz CT molecular complexity index is 589. The van der Waals surface area contributed by atoms with E-state index in [2.05, 4.69) is 43.2 Å². The lowest BCUT2D eigenvalue weighted by Crippen LogP contribution is -2.25. The molecular weight excluding hydrogens is 250 g/mol. The SMILES string of the molecule is CCNC(c1ccc(C)c(C)c1OC)c1nccn1C. The fourth-order valence-electron chi connectivity index (χ4n) is 2.51. The second kappa shape index (κ2) is 6.09. The normalized spacial score (nSPS) is 12.4. The molecule has 20 heavy (non-hydrogen) atoms. The van der Waals surface area contributed by atoms with Crippen molar-refractivity contribution in [3.63, 3.8) is 0 Å². The first kappa shape index (κ1) is 14.6. The molecule has 0 aliphatic rings. The lowest BCUT2D eigenvalue weighted by Gasteiger charge is -2.22. The van der Waals surface area contributed by atoms with E-state index in [4.69, 9.17) is 4.74 Å². The molecule has 1 aromatic heterocycles. The Labute approximate surface area is 120 Å². The van der Waals surface area contributed by atoms with Gasteiger partial charge in [-0.2, -0.15) is 0 Å². The van der Waals surface area contributed by atoms with Gasteiger partial charge in [0, 0.05) is 25.0 Å². The summed E-state index contributed by atoms with van der Waals surface area (Å²) in [6, 6.07) is 4.30. The van der Waals surface area contributed by atoms with Crippen LogP contribution in [0, 0.1) is 13.8 Å². The highest BCUT2D eigenvalue weighted by molar-refractivity contribution is 5.48. The molecule has 0 bridgehead atoms. The number of benzene rings is 1. The fourth-order valence-corrected chi connectivity index (χ4v) is 2.51. The van der Waals surface area contributed by atoms with Crippen LogP contribution < -0.4 is 10.1 Å². The monoisotopic (exact) mass is 273 g/mol. The molecule has 4 heteroatoms. The summed E-state index contributed by atoms with van der Waals surface area (Å²) in [6.45, 7) is 7.17. The molecule has 1 N–H and O–H groups in total. The van der Waals surface area contributed by atoms with Crippen molar-refractivity contribution in [1.82, 2.24) is 14.9 Å². The van der Waals surface area contributed by atoms with E-state index in [9.17, 15) is 0 Å².